The second-order valence-electron chi connectivity index (χ2n) is 5.10. The maximum Gasteiger partial charge on any atom is 0.223 e. The van der Waals surface area contributed by atoms with Crippen LogP contribution in [0.1, 0.15) is 24.2 Å². The molecule has 0 spiro atoms. The first-order valence-corrected chi connectivity index (χ1v) is 8.01. The zero-order valence-electron chi connectivity index (χ0n) is 12.1. The van der Waals surface area contributed by atoms with Crippen molar-refractivity contribution in [2.45, 2.75) is 19.9 Å². The highest BCUT2D eigenvalue weighted by Gasteiger charge is 2.09. The van der Waals surface area contributed by atoms with Crippen molar-refractivity contribution in [2.24, 2.45) is 0 Å². The average molecular weight is 378 g/mol. The van der Waals surface area contributed by atoms with Gasteiger partial charge >= 0.3 is 0 Å². The van der Waals surface area contributed by atoms with Crippen molar-refractivity contribution in [1.82, 2.24) is 15.0 Å². The molecule has 0 bridgehead atoms. The molecule has 3 aromatic rings. The summed E-state index contributed by atoms with van der Waals surface area (Å²) in [5.41, 5.74) is 2.88. The van der Waals surface area contributed by atoms with Gasteiger partial charge in [0.2, 0.25) is 5.95 Å². The molecular formula is C16H14BrClN4. The lowest BCUT2D eigenvalue weighted by atomic mass is 10.1. The number of pyridine rings is 1. The Morgan fingerprint density at radius 1 is 1.18 bits per heavy atom. The smallest absolute Gasteiger partial charge is 0.223 e. The minimum absolute atomic E-state index is 0.0384. The maximum absolute atomic E-state index is 6.04. The van der Waals surface area contributed by atoms with E-state index in [9.17, 15) is 0 Å². The molecule has 0 saturated heterocycles. The van der Waals surface area contributed by atoms with Crippen LogP contribution in [-0.4, -0.2) is 15.0 Å². The van der Waals surface area contributed by atoms with Crippen LogP contribution in [0.3, 0.4) is 0 Å². The summed E-state index contributed by atoms with van der Waals surface area (Å²) >= 11 is 9.44. The second-order valence-corrected chi connectivity index (χ2v) is 6.39. The topological polar surface area (TPSA) is 50.7 Å². The van der Waals surface area contributed by atoms with Gasteiger partial charge in [0, 0.05) is 22.8 Å². The highest BCUT2D eigenvalue weighted by atomic mass is 79.9. The van der Waals surface area contributed by atoms with Crippen molar-refractivity contribution < 1.29 is 0 Å². The molecule has 2 aromatic heterocycles. The molecule has 2 heterocycles. The molecular weight excluding hydrogens is 364 g/mol. The summed E-state index contributed by atoms with van der Waals surface area (Å²) in [7, 11) is 0. The summed E-state index contributed by atoms with van der Waals surface area (Å²) in [6.45, 7) is 3.98. The number of nitrogens with one attached hydrogen (secondary N) is 1. The molecule has 0 aliphatic heterocycles. The van der Waals surface area contributed by atoms with Crippen molar-refractivity contribution in [2.75, 3.05) is 5.32 Å². The number of hydrogen-bond donors (Lipinski definition) is 1. The van der Waals surface area contributed by atoms with Crippen LogP contribution in [-0.2, 0) is 0 Å². The van der Waals surface area contributed by atoms with E-state index in [1.54, 1.807) is 6.20 Å². The zero-order chi connectivity index (χ0) is 15.7. The van der Waals surface area contributed by atoms with Gasteiger partial charge in [-0.2, -0.15) is 0 Å². The third-order valence-electron chi connectivity index (χ3n) is 3.43. The van der Waals surface area contributed by atoms with Gasteiger partial charge in [0.25, 0.3) is 0 Å². The lowest BCUT2D eigenvalue weighted by Gasteiger charge is -2.15. The van der Waals surface area contributed by atoms with Crippen LogP contribution < -0.4 is 5.32 Å². The number of nitrogens with zero attached hydrogens (tertiary/aromatic N) is 3. The Kier molecular flexibility index (Phi) is 4.27. The molecule has 0 aliphatic rings. The van der Waals surface area contributed by atoms with Crippen LogP contribution in [0.2, 0.25) is 5.02 Å². The fourth-order valence-corrected chi connectivity index (χ4v) is 2.53. The normalized spacial score (nSPS) is 12.4. The number of rotatable bonds is 3. The van der Waals surface area contributed by atoms with Gasteiger partial charge in [-0.15, -0.1) is 0 Å². The maximum atomic E-state index is 6.04. The predicted octanol–water partition coefficient (Wildman–Crippen LogP) is 4.92. The number of halogens is 2. The number of aryl methyl sites for hydroxylation is 1. The molecule has 6 heteroatoms. The summed E-state index contributed by atoms with van der Waals surface area (Å²) in [5, 5.41) is 5.02. The molecule has 1 N–H and O–H groups in total. The zero-order valence-corrected chi connectivity index (χ0v) is 14.5. The van der Waals surface area contributed by atoms with E-state index in [0.717, 1.165) is 26.6 Å². The Bertz CT molecular complexity index is 837. The molecule has 4 nitrogen and oxygen atoms in total. The molecule has 0 amide bonds. The van der Waals surface area contributed by atoms with Gasteiger partial charge in [-0.1, -0.05) is 11.6 Å². The highest BCUT2D eigenvalue weighted by molar-refractivity contribution is 9.10. The summed E-state index contributed by atoms with van der Waals surface area (Å²) < 4.78 is 0.896. The van der Waals surface area contributed by atoms with E-state index in [0.29, 0.717) is 11.0 Å². The minimum Gasteiger partial charge on any atom is -0.348 e. The highest BCUT2D eigenvalue weighted by Crippen LogP contribution is 2.23. The Morgan fingerprint density at radius 2 is 2.00 bits per heavy atom. The molecule has 0 aliphatic carbocycles. The van der Waals surface area contributed by atoms with Crippen LogP contribution in [0, 0.1) is 6.92 Å². The largest absolute Gasteiger partial charge is 0.348 e. The first-order chi connectivity index (χ1) is 10.5. The number of aromatic nitrogens is 3. The molecule has 1 aromatic carbocycles. The first kappa shape index (κ1) is 15.2. The Balaban J connectivity index is 1.87. The number of fused-ring (bicyclic) bond motifs is 1. The van der Waals surface area contributed by atoms with Crippen LogP contribution in [0.4, 0.5) is 5.95 Å². The van der Waals surface area contributed by atoms with E-state index >= 15 is 0 Å². The van der Waals surface area contributed by atoms with Gasteiger partial charge < -0.3 is 5.32 Å². The van der Waals surface area contributed by atoms with Crippen molar-refractivity contribution in [1.29, 1.82) is 0 Å². The Labute approximate surface area is 142 Å². The van der Waals surface area contributed by atoms with Crippen molar-refractivity contribution in [3.8, 4) is 0 Å². The molecule has 22 heavy (non-hydrogen) atoms. The predicted molar refractivity (Wildman–Crippen MR) is 93.3 cm³/mol. The third-order valence-corrected chi connectivity index (χ3v) is 4.44. The number of hydrogen-bond acceptors (Lipinski definition) is 4. The van der Waals surface area contributed by atoms with E-state index in [2.05, 4.69) is 42.3 Å². The summed E-state index contributed by atoms with van der Waals surface area (Å²) in [4.78, 5) is 13.1. The standard InChI is InChI=1S/C16H14BrClN4/c1-9(21-16-20-8-14(17)10(2)22-16)12-5-11-6-13(18)3-4-15(11)19-7-12/h3-9H,1-2H3,(H,20,21,22)/t9-/m0/s1. The van der Waals surface area contributed by atoms with Crippen LogP contribution in [0.15, 0.2) is 41.1 Å². The molecule has 3 rings (SSSR count). The monoisotopic (exact) mass is 376 g/mol. The van der Waals surface area contributed by atoms with Gasteiger partial charge in [0.1, 0.15) is 0 Å². The molecule has 0 fully saturated rings. The Hall–Kier alpha value is -1.72. The van der Waals surface area contributed by atoms with Gasteiger partial charge in [-0.3, -0.25) is 4.98 Å². The lowest BCUT2D eigenvalue weighted by Crippen LogP contribution is -2.10. The molecule has 0 unspecified atom stereocenters. The minimum atomic E-state index is 0.0384. The average Bonchev–Trinajstić information content (AvgIpc) is 2.50. The fraction of sp³-hybridized carbons (Fsp3) is 0.188. The summed E-state index contributed by atoms with van der Waals surface area (Å²) in [5.74, 6) is 0.597. The van der Waals surface area contributed by atoms with E-state index < -0.39 is 0 Å². The van der Waals surface area contributed by atoms with Gasteiger partial charge in [-0.05, 0) is 59.6 Å². The van der Waals surface area contributed by atoms with Crippen molar-refractivity contribution in [3.05, 3.63) is 57.4 Å². The number of benzene rings is 1. The second kappa shape index (κ2) is 6.18. The summed E-state index contributed by atoms with van der Waals surface area (Å²) in [6.07, 6.45) is 3.61. The molecule has 0 radical (unpaired) electrons. The van der Waals surface area contributed by atoms with Crippen molar-refractivity contribution >= 4 is 44.4 Å². The summed E-state index contributed by atoms with van der Waals surface area (Å²) in [6, 6.07) is 7.80. The van der Waals surface area contributed by atoms with Crippen LogP contribution >= 0.6 is 27.5 Å². The Morgan fingerprint density at radius 3 is 2.77 bits per heavy atom. The van der Waals surface area contributed by atoms with Gasteiger partial charge in [-0.25, -0.2) is 9.97 Å². The molecule has 112 valence electrons. The quantitative estimate of drug-likeness (QED) is 0.703. The first-order valence-electron chi connectivity index (χ1n) is 6.84. The van der Waals surface area contributed by atoms with Gasteiger partial charge in [0.05, 0.1) is 21.7 Å². The van der Waals surface area contributed by atoms with E-state index in [1.807, 2.05) is 38.2 Å². The van der Waals surface area contributed by atoms with E-state index in [-0.39, 0.29) is 6.04 Å². The van der Waals surface area contributed by atoms with Gasteiger partial charge in [0.15, 0.2) is 0 Å². The lowest BCUT2D eigenvalue weighted by molar-refractivity contribution is 0.852. The molecule has 0 saturated carbocycles. The van der Waals surface area contributed by atoms with E-state index in [1.165, 1.54) is 0 Å². The molecule has 1 atom stereocenters. The fourth-order valence-electron chi connectivity index (χ4n) is 2.16. The van der Waals surface area contributed by atoms with Crippen molar-refractivity contribution in [3.63, 3.8) is 0 Å². The van der Waals surface area contributed by atoms with Crippen LogP contribution in [0.25, 0.3) is 10.9 Å². The van der Waals surface area contributed by atoms with Crippen LogP contribution in [0.5, 0.6) is 0 Å². The van der Waals surface area contributed by atoms with E-state index in [4.69, 9.17) is 11.6 Å². The number of anilines is 1. The third kappa shape index (κ3) is 3.20. The SMILES string of the molecule is Cc1nc(N[C@@H](C)c2cnc3ccc(Cl)cc3c2)ncc1Br.